The third-order valence-corrected chi connectivity index (χ3v) is 9.56. The molecule has 4 N–H and O–H groups in total. The van der Waals surface area contributed by atoms with Gasteiger partial charge in [-0.15, -0.1) is 11.8 Å². The van der Waals surface area contributed by atoms with Crippen LogP contribution in [0.3, 0.4) is 0 Å². The summed E-state index contributed by atoms with van der Waals surface area (Å²) in [4.78, 5) is 27.0. The second-order valence-electron chi connectivity index (χ2n) is 11.4. The molecule has 2 heterocycles. The largest absolute Gasteiger partial charge is 0.492 e. The van der Waals surface area contributed by atoms with Crippen molar-refractivity contribution in [1.29, 1.82) is 0 Å². The molecular formula is C29H34N4O5S2. The zero-order valence-corrected chi connectivity index (χ0v) is 24.8. The Hall–Kier alpha value is -3.28. The van der Waals surface area contributed by atoms with Crippen molar-refractivity contribution < 1.29 is 22.7 Å². The van der Waals surface area contributed by atoms with Gasteiger partial charge in [0.25, 0.3) is 0 Å². The summed E-state index contributed by atoms with van der Waals surface area (Å²) in [5.74, 6) is 1.24. The van der Waals surface area contributed by atoms with Crippen molar-refractivity contribution in [2.45, 2.75) is 43.4 Å². The van der Waals surface area contributed by atoms with Crippen LogP contribution in [0.2, 0.25) is 0 Å². The lowest BCUT2D eigenvalue weighted by Gasteiger charge is -2.25. The van der Waals surface area contributed by atoms with Gasteiger partial charge >= 0.3 is 6.03 Å². The van der Waals surface area contributed by atoms with Gasteiger partial charge in [-0.2, -0.15) is 0 Å². The summed E-state index contributed by atoms with van der Waals surface area (Å²) in [5, 5.41) is 10.7. The lowest BCUT2D eigenvalue weighted by molar-refractivity contribution is 0.0953. The van der Waals surface area contributed by atoms with Crippen molar-refractivity contribution in [2.24, 2.45) is 0 Å². The van der Waals surface area contributed by atoms with E-state index in [1.807, 2.05) is 45.0 Å². The van der Waals surface area contributed by atoms with Crippen molar-refractivity contribution in [3.63, 3.8) is 0 Å². The van der Waals surface area contributed by atoms with E-state index >= 15 is 0 Å². The zero-order valence-electron chi connectivity index (χ0n) is 23.2. The van der Waals surface area contributed by atoms with E-state index in [2.05, 4.69) is 20.7 Å². The molecule has 0 radical (unpaired) electrons. The molecule has 2 unspecified atom stereocenters. The summed E-state index contributed by atoms with van der Waals surface area (Å²) in [6.07, 6.45) is 1.89. The molecule has 2 fully saturated rings. The van der Waals surface area contributed by atoms with Crippen molar-refractivity contribution >= 4 is 61.4 Å². The molecule has 0 aromatic heterocycles. The minimum absolute atomic E-state index is 0.117. The maximum absolute atomic E-state index is 13.7. The third kappa shape index (κ3) is 5.50. The van der Waals surface area contributed by atoms with E-state index in [9.17, 15) is 18.0 Å². The topological polar surface area (TPSA) is 126 Å². The second-order valence-corrected chi connectivity index (χ2v) is 14.6. The van der Waals surface area contributed by atoms with Gasteiger partial charge in [-0.3, -0.25) is 9.52 Å². The molecule has 3 aromatic carbocycles. The number of hydrogen-bond acceptors (Lipinski definition) is 7. The quantitative estimate of drug-likeness (QED) is 0.283. The normalized spacial score (nSPS) is 20.4. The highest BCUT2D eigenvalue weighted by molar-refractivity contribution is 8.01. The number of ether oxygens (including phenoxy) is 1. The summed E-state index contributed by atoms with van der Waals surface area (Å²) in [5.41, 5.74) is 2.20. The molecule has 5 rings (SSSR count). The highest BCUT2D eigenvalue weighted by Gasteiger charge is 2.51. The number of anilines is 3. The molecule has 2 amide bonds. The SMILES string of the molecule is COc1c(NC(=O)Nc2ccc(C(=O)C34CNC(CS3)C4)c3ccccc23)cc(C(C)(C)C)cc1NS(C)(=O)=O. The van der Waals surface area contributed by atoms with Gasteiger partial charge in [-0.05, 0) is 47.1 Å². The van der Waals surface area contributed by atoms with Crippen LogP contribution in [-0.4, -0.2) is 56.7 Å². The fourth-order valence-electron chi connectivity index (χ4n) is 5.36. The van der Waals surface area contributed by atoms with Gasteiger partial charge in [0.1, 0.15) is 0 Å². The van der Waals surface area contributed by atoms with Crippen molar-refractivity contribution in [1.82, 2.24) is 5.32 Å². The van der Waals surface area contributed by atoms with Crippen LogP contribution in [0.25, 0.3) is 10.8 Å². The molecule has 0 aliphatic carbocycles. The molecule has 0 saturated carbocycles. The number of urea groups is 1. The predicted octanol–water partition coefficient (Wildman–Crippen LogP) is 5.19. The number of benzene rings is 3. The van der Waals surface area contributed by atoms with E-state index in [1.54, 1.807) is 36.0 Å². The van der Waals surface area contributed by atoms with Gasteiger partial charge in [0, 0.05) is 29.3 Å². The van der Waals surface area contributed by atoms with E-state index in [4.69, 9.17) is 4.74 Å². The first-order valence-corrected chi connectivity index (χ1v) is 15.9. The zero-order chi connectivity index (χ0) is 28.9. The summed E-state index contributed by atoms with van der Waals surface area (Å²) in [6, 6.07) is 14.4. The Morgan fingerprint density at radius 2 is 1.70 bits per heavy atom. The Morgan fingerprint density at radius 1 is 1.02 bits per heavy atom. The summed E-state index contributed by atoms with van der Waals surface area (Å²) >= 11 is 1.73. The van der Waals surface area contributed by atoms with Gasteiger partial charge in [0.2, 0.25) is 10.0 Å². The number of thioether (sulfide) groups is 1. The molecular weight excluding hydrogens is 548 g/mol. The molecule has 40 heavy (non-hydrogen) atoms. The number of carbonyl (C=O) groups is 2. The smallest absolute Gasteiger partial charge is 0.323 e. The molecule has 3 aromatic rings. The number of nitrogens with one attached hydrogen (secondary N) is 4. The standard InChI is InChI=1S/C29H34N4O5S2/c1-28(2,3)17-12-23(25(38-4)24(13-17)33-40(5,36)37)32-27(35)31-22-11-10-21(19-8-6-7-9-20(19)22)26(34)29-14-18(15-39-29)30-16-29/h6-13,18,30,33H,14-16H2,1-5H3,(H2,31,32,35). The Balaban J connectivity index is 1.46. The molecule has 0 spiro atoms. The first kappa shape index (κ1) is 28.3. The van der Waals surface area contributed by atoms with Crippen LogP contribution in [0.15, 0.2) is 48.5 Å². The van der Waals surface area contributed by atoms with Crippen LogP contribution in [0.4, 0.5) is 21.9 Å². The van der Waals surface area contributed by atoms with E-state index in [-0.39, 0.29) is 22.6 Å². The van der Waals surface area contributed by atoms with Gasteiger partial charge in [0.05, 0.1) is 35.2 Å². The number of Topliss-reactive ketones (excluding diaryl/α,β-unsaturated/α-hetero) is 1. The van der Waals surface area contributed by atoms with Gasteiger partial charge in [0.15, 0.2) is 11.5 Å². The number of carbonyl (C=O) groups excluding carboxylic acids is 2. The number of rotatable bonds is 7. The lowest BCUT2D eigenvalue weighted by atomic mass is 9.86. The molecule has 212 valence electrons. The maximum atomic E-state index is 13.7. The first-order chi connectivity index (χ1) is 18.8. The Bertz CT molecular complexity index is 1610. The van der Waals surface area contributed by atoms with Gasteiger partial charge in [-0.25, -0.2) is 13.2 Å². The van der Waals surface area contributed by atoms with Crippen LogP contribution in [0.5, 0.6) is 5.75 Å². The van der Waals surface area contributed by atoms with Crippen LogP contribution in [-0.2, 0) is 15.4 Å². The van der Waals surface area contributed by atoms with Crippen LogP contribution in [0.1, 0.15) is 43.1 Å². The fourth-order valence-corrected chi connectivity index (χ4v) is 7.41. The van der Waals surface area contributed by atoms with Gasteiger partial charge in [-0.1, -0.05) is 45.0 Å². The van der Waals surface area contributed by atoms with Crippen LogP contribution >= 0.6 is 11.8 Å². The van der Waals surface area contributed by atoms with E-state index in [0.29, 0.717) is 29.5 Å². The van der Waals surface area contributed by atoms with Gasteiger partial charge < -0.3 is 20.7 Å². The average Bonchev–Trinajstić information content (AvgIpc) is 3.50. The van der Waals surface area contributed by atoms with Crippen LogP contribution in [0, 0.1) is 0 Å². The number of hydrogen-bond donors (Lipinski definition) is 4. The van der Waals surface area contributed by atoms with Crippen molar-refractivity contribution in [3.05, 3.63) is 59.7 Å². The van der Waals surface area contributed by atoms with Crippen molar-refractivity contribution in [2.75, 3.05) is 41.0 Å². The van der Waals surface area contributed by atoms with Crippen molar-refractivity contribution in [3.8, 4) is 5.75 Å². The third-order valence-electron chi connectivity index (χ3n) is 7.35. The Kier molecular flexibility index (Phi) is 7.26. The number of amides is 2. The minimum Gasteiger partial charge on any atom is -0.492 e. The molecule has 2 aliphatic rings. The van der Waals surface area contributed by atoms with E-state index in [1.165, 1.54) is 7.11 Å². The first-order valence-electron chi connectivity index (χ1n) is 13.0. The number of sulfonamides is 1. The highest BCUT2D eigenvalue weighted by Crippen LogP contribution is 2.46. The van der Waals surface area contributed by atoms with Crippen LogP contribution < -0.4 is 25.4 Å². The number of ketones is 1. The Labute approximate surface area is 238 Å². The molecule has 9 nitrogen and oxygen atoms in total. The Morgan fingerprint density at radius 3 is 2.27 bits per heavy atom. The number of methoxy groups -OCH3 is 1. The maximum Gasteiger partial charge on any atom is 0.323 e. The highest BCUT2D eigenvalue weighted by atomic mass is 32.2. The van der Waals surface area contributed by atoms with E-state index < -0.39 is 20.8 Å². The predicted molar refractivity (Wildman–Crippen MR) is 163 cm³/mol. The lowest BCUT2D eigenvalue weighted by Crippen LogP contribution is -2.39. The summed E-state index contributed by atoms with van der Waals surface area (Å²) in [6.45, 7) is 6.64. The number of fused-ring (bicyclic) bond motifs is 3. The minimum atomic E-state index is -3.60. The summed E-state index contributed by atoms with van der Waals surface area (Å²) < 4.78 is 31.6. The molecule has 2 bridgehead atoms. The molecule has 2 aliphatic heterocycles. The van der Waals surface area contributed by atoms with E-state index in [0.717, 1.165) is 34.8 Å². The fraction of sp³-hybridized carbons (Fsp3) is 0.379. The average molecular weight is 583 g/mol. The monoisotopic (exact) mass is 582 g/mol. The summed E-state index contributed by atoms with van der Waals surface area (Å²) in [7, 11) is -2.19. The molecule has 11 heteroatoms. The second kappa shape index (κ2) is 10.3. The molecule has 2 saturated heterocycles. The molecule has 2 atom stereocenters.